The molecule has 30 heavy (non-hydrogen) atoms. The number of aromatic nitrogens is 1. The molecular formula is C25H24N2O3. The summed E-state index contributed by atoms with van der Waals surface area (Å²) in [4.78, 5) is 12.0. The zero-order valence-electron chi connectivity index (χ0n) is 16.8. The normalized spacial score (nSPS) is 11.9. The summed E-state index contributed by atoms with van der Waals surface area (Å²) in [5.74, 6) is 1.19. The number of fused-ring (bicyclic) bond motifs is 1. The van der Waals surface area contributed by atoms with Gasteiger partial charge in [-0.3, -0.25) is 4.79 Å². The molecule has 1 aromatic heterocycles. The number of carbonyl (C=O) groups excluding carboxylic acids is 1. The highest BCUT2D eigenvalue weighted by atomic mass is 16.5. The van der Waals surface area contributed by atoms with Gasteiger partial charge in [-0.05, 0) is 55.0 Å². The standard InChI is InChI=1S/C25H24N2O3/c1-2-29-25(28)23(26)16-18-17-27(24-11-7-6-10-22(18)24)19-12-14-21(15-13-19)30-20-8-4-3-5-9-20/h3-15,17,23H,2,16,26H2,1H3. The second kappa shape index (κ2) is 8.84. The molecule has 4 aromatic rings. The van der Waals surface area contributed by atoms with Gasteiger partial charge in [0.1, 0.15) is 17.5 Å². The van der Waals surface area contributed by atoms with Crippen LogP contribution in [-0.4, -0.2) is 23.2 Å². The Balaban J connectivity index is 1.62. The van der Waals surface area contributed by atoms with Crippen molar-refractivity contribution in [1.82, 2.24) is 4.57 Å². The average molecular weight is 400 g/mol. The van der Waals surface area contributed by atoms with Crippen molar-refractivity contribution in [2.75, 3.05) is 6.61 Å². The van der Waals surface area contributed by atoms with Gasteiger partial charge in [0.25, 0.3) is 0 Å². The SMILES string of the molecule is CCOC(=O)C(N)Cc1cn(-c2ccc(Oc3ccccc3)cc2)c2ccccc12. The van der Waals surface area contributed by atoms with Crippen molar-refractivity contribution >= 4 is 16.9 Å². The fourth-order valence-corrected chi connectivity index (χ4v) is 3.50. The monoisotopic (exact) mass is 400 g/mol. The summed E-state index contributed by atoms with van der Waals surface area (Å²) >= 11 is 0. The molecule has 0 aliphatic carbocycles. The van der Waals surface area contributed by atoms with E-state index in [0.29, 0.717) is 13.0 Å². The predicted octanol–water partition coefficient (Wildman–Crippen LogP) is 4.86. The molecule has 0 aliphatic rings. The van der Waals surface area contributed by atoms with Gasteiger partial charge in [-0.1, -0.05) is 36.4 Å². The lowest BCUT2D eigenvalue weighted by Gasteiger charge is -2.09. The van der Waals surface area contributed by atoms with Gasteiger partial charge in [-0.25, -0.2) is 0 Å². The fraction of sp³-hybridized carbons (Fsp3) is 0.160. The van der Waals surface area contributed by atoms with Crippen LogP contribution in [0.1, 0.15) is 12.5 Å². The lowest BCUT2D eigenvalue weighted by atomic mass is 10.1. The number of benzene rings is 3. The molecule has 152 valence electrons. The highest BCUT2D eigenvalue weighted by molar-refractivity contribution is 5.86. The zero-order valence-corrected chi connectivity index (χ0v) is 16.8. The van der Waals surface area contributed by atoms with Crippen molar-refractivity contribution in [3.63, 3.8) is 0 Å². The van der Waals surface area contributed by atoms with Gasteiger partial charge in [-0.2, -0.15) is 0 Å². The molecule has 1 unspecified atom stereocenters. The quantitative estimate of drug-likeness (QED) is 0.450. The average Bonchev–Trinajstić information content (AvgIpc) is 3.14. The Kier molecular flexibility index (Phi) is 5.82. The lowest BCUT2D eigenvalue weighted by molar-refractivity contribution is -0.144. The van der Waals surface area contributed by atoms with Crippen molar-refractivity contribution in [1.29, 1.82) is 0 Å². The van der Waals surface area contributed by atoms with Crippen LogP contribution >= 0.6 is 0 Å². The van der Waals surface area contributed by atoms with Crippen LogP contribution in [0.15, 0.2) is 85.1 Å². The lowest BCUT2D eigenvalue weighted by Crippen LogP contribution is -2.34. The fourth-order valence-electron chi connectivity index (χ4n) is 3.50. The Morgan fingerprint density at radius 3 is 2.33 bits per heavy atom. The first-order valence-corrected chi connectivity index (χ1v) is 10.00. The molecule has 4 rings (SSSR count). The molecule has 0 amide bonds. The first-order valence-electron chi connectivity index (χ1n) is 10.00. The summed E-state index contributed by atoms with van der Waals surface area (Å²) in [6, 6.07) is 25.0. The Hall–Kier alpha value is -3.57. The summed E-state index contributed by atoms with van der Waals surface area (Å²) in [5.41, 5.74) is 9.14. The number of hydrogen-bond donors (Lipinski definition) is 1. The van der Waals surface area contributed by atoms with E-state index in [9.17, 15) is 4.79 Å². The third-order valence-electron chi connectivity index (χ3n) is 4.92. The second-order valence-electron chi connectivity index (χ2n) is 7.01. The van der Waals surface area contributed by atoms with Crippen LogP contribution in [0, 0.1) is 0 Å². The highest BCUT2D eigenvalue weighted by Crippen LogP contribution is 2.28. The summed E-state index contributed by atoms with van der Waals surface area (Å²) in [5, 5.41) is 1.07. The molecule has 0 fully saturated rings. The number of nitrogens with two attached hydrogens (primary N) is 1. The third-order valence-corrected chi connectivity index (χ3v) is 4.92. The molecule has 0 aliphatic heterocycles. The molecule has 5 nitrogen and oxygen atoms in total. The van der Waals surface area contributed by atoms with Crippen LogP contribution < -0.4 is 10.5 Å². The third kappa shape index (κ3) is 4.21. The smallest absolute Gasteiger partial charge is 0.323 e. The number of ether oxygens (including phenoxy) is 2. The van der Waals surface area contributed by atoms with Crippen LogP contribution in [0.3, 0.4) is 0 Å². The number of rotatable bonds is 7. The molecule has 5 heteroatoms. The second-order valence-corrected chi connectivity index (χ2v) is 7.01. The van der Waals surface area contributed by atoms with Gasteiger partial charge in [-0.15, -0.1) is 0 Å². The van der Waals surface area contributed by atoms with E-state index >= 15 is 0 Å². The van der Waals surface area contributed by atoms with Crippen LogP contribution in [0.2, 0.25) is 0 Å². The minimum Gasteiger partial charge on any atom is -0.465 e. The summed E-state index contributed by atoms with van der Waals surface area (Å²) < 4.78 is 13.0. The number of hydrogen-bond acceptors (Lipinski definition) is 4. The molecule has 1 heterocycles. The zero-order chi connectivity index (χ0) is 20.9. The van der Waals surface area contributed by atoms with Crippen LogP contribution in [0.25, 0.3) is 16.6 Å². The van der Waals surface area contributed by atoms with E-state index in [4.69, 9.17) is 15.2 Å². The molecule has 0 spiro atoms. The maximum Gasteiger partial charge on any atom is 0.323 e. The van der Waals surface area contributed by atoms with E-state index in [1.54, 1.807) is 6.92 Å². The number of nitrogens with zero attached hydrogens (tertiary/aromatic N) is 1. The Morgan fingerprint density at radius 2 is 1.60 bits per heavy atom. The molecule has 1 atom stereocenters. The summed E-state index contributed by atoms with van der Waals surface area (Å²) in [7, 11) is 0. The van der Waals surface area contributed by atoms with Gasteiger partial charge in [0.2, 0.25) is 0 Å². The van der Waals surface area contributed by atoms with Gasteiger partial charge in [0.15, 0.2) is 0 Å². The highest BCUT2D eigenvalue weighted by Gasteiger charge is 2.18. The van der Waals surface area contributed by atoms with Crippen LogP contribution in [0.5, 0.6) is 11.5 Å². The van der Waals surface area contributed by atoms with Crippen molar-refractivity contribution in [2.24, 2.45) is 5.73 Å². The van der Waals surface area contributed by atoms with E-state index in [1.807, 2.05) is 79.0 Å². The van der Waals surface area contributed by atoms with Crippen molar-refractivity contribution in [3.8, 4) is 17.2 Å². The van der Waals surface area contributed by atoms with Gasteiger partial charge < -0.3 is 19.8 Å². The summed E-state index contributed by atoms with van der Waals surface area (Å²) in [6.45, 7) is 2.10. The van der Waals surface area contributed by atoms with Crippen molar-refractivity contribution < 1.29 is 14.3 Å². The van der Waals surface area contributed by atoms with E-state index in [-0.39, 0.29) is 5.97 Å². The molecular weight excluding hydrogens is 376 g/mol. The molecule has 0 saturated carbocycles. The molecule has 2 N–H and O–H groups in total. The maximum atomic E-state index is 12.0. The van der Waals surface area contributed by atoms with Gasteiger partial charge in [0, 0.05) is 23.7 Å². The Bertz CT molecular complexity index is 1130. The summed E-state index contributed by atoms with van der Waals surface area (Å²) in [6.07, 6.45) is 2.46. The molecule has 0 bridgehead atoms. The topological polar surface area (TPSA) is 66.5 Å². The molecule has 0 radical (unpaired) electrons. The number of carbonyl (C=O) groups is 1. The Morgan fingerprint density at radius 1 is 0.933 bits per heavy atom. The van der Waals surface area contributed by atoms with Crippen LogP contribution in [0.4, 0.5) is 0 Å². The van der Waals surface area contributed by atoms with E-state index < -0.39 is 6.04 Å². The van der Waals surface area contributed by atoms with E-state index in [0.717, 1.165) is 33.7 Å². The van der Waals surface area contributed by atoms with Crippen LogP contribution in [-0.2, 0) is 16.0 Å². The maximum absolute atomic E-state index is 12.0. The predicted molar refractivity (Wildman–Crippen MR) is 118 cm³/mol. The largest absolute Gasteiger partial charge is 0.465 e. The minimum atomic E-state index is -0.689. The van der Waals surface area contributed by atoms with E-state index in [2.05, 4.69) is 10.6 Å². The molecule has 0 saturated heterocycles. The molecule has 3 aromatic carbocycles. The van der Waals surface area contributed by atoms with Crippen molar-refractivity contribution in [3.05, 3.63) is 90.6 Å². The first-order chi connectivity index (χ1) is 14.7. The number of para-hydroxylation sites is 2. The first kappa shape index (κ1) is 19.7. The van der Waals surface area contributed by atoms with Gasteiger partial charge >= 0.3 is 5.97 Å². The van der Waals surface area contributed by atoms with Crippen molar-refractivity contribution in [2.45, 2.75) is 19.4 Å². The minimum absolute atomic E-state index is 0.325. The number of esters is 1. The Labute approximate surface area is 175 Å². The van der Waals surface area contributed by atoms with Gasteiger partial charge in [0.05, 0.1) is 12.1 Å². The van der Waals surface area contributed by atoms with E-state index in [1.165, 1.54) is 0 Å².